The summed E-state index contributed by atoms with van der Waals surface area (Å²) in [7, 11) is 0. The predicted molar refractivity (Wildman–Crippen MR) is 100 cm³/mol. The Balaban J connectivity index is 2.48. The molecule has 1 aromatic carbocycles. The number of nitrogens with zero attached hydrogens (tertiary/aromatic N) is 2. The van der Waals surface area contributed by atoms with Gasteiger partial charge in [-0.15, -0.1) is 0 Å². The molecule has 2 amide bonds. The van der Waals surface area contributed by atoms with Gasteiger partial charge in [0.1, 0.15) is 11.2 Å². The van der Waals surface area contributed by atoms with Crippen molar-refractivity contribution in [2.75, 3.05) is 0 Å². The second-order valence-electron chi connectivity index (χ2n) is 7.41. The lowest BCUT2D eigenvalue weighted by molar-refractivity contribution is 0.0518. The second-order valence-corrected chi connectivity index (χ2v) is 7.41. The van der Waals surface area contributed by atoms with Crippen LogP contribution in [-0.4, -0.2) is 35.8 Å². The summed E-state index contributed by atoms with van der Waals surface area (Å²) in [6, 6.07) is 7.15. The number of carbonyl (C=O) groups excluding carboxylic acids is 2. The van der Waals surface area contributed by atoms with Crippen molar-refractivity contribution in [3.63, 3.8) is 0 Å². The van der Waals surface area contributed by atoms with Gasteiger partial charge in [-0.05, 0) is 52.7 Å². The molecule has 8 heteroatoms. The predicted octanol–water partition coefficient (Wildman–Crippen LogP) is 3.40. The fraction of sp³-hybridized carbons (Fsp3) is 0.444. The molecule has 0 heterocycles. The summed E-state index contributed by atoms with van der Waals surface area (Å²) in [5.74, 6) is 0. The van der Waals surface area contributed by atoms with Gasteiger partial charge in [0.15, 0.2) is 0 Å². The van der Waals surface area contributed by atoms with E-state index in [0.717, 1.165) is 11.1 Å². The number of nitrogens with one attached hydrogen (secondary N) is 2. The first kappa shape index (κ1) is 21.1. The average Bonchev–Trinajstić information content (AvgIpc) is 2.45. The number of hydrogen-bond acceptors (Lipinski definition) is 6. The minimum absolute atomic E-state index is 0.575. The van der Waals surface area contributed by atoms with E-state index in [2.05, 4.69) is 21.1 Å². The van der Waals surface area contributed by atoms with E-state index >= 15 is 0 Å². The Kier molecular flexibility index (Phi) is 7.30. The molecule has 0 aliphatic carbocycles. The molecule has 1 rings (SSSR count). The second kappa shape index (κ2) is 8.98. The average molecular weight is 362 g/mol. The molecule has 0 saturated carbocycles. The third-order valence-electron chi connectivity index (χ3n) is 2.47. The quantitative estimate of drug-likeness (QED) is 0.633. The summed E-state index contributed by atoms with van der Waals surface area (Å²) in [5, 5.41) is 7.64. The fourth-order valence-corrected chi connectivity index (χ4v) is 1.59. The van der Waals surface area contributed by atoms with Gasteiger partial charge in [-0.3, -0.25) is 0 Å². The first-order chi connectivity index (χ1) is 11.9. The van der Waals surface area contributed by atoms with Gasteiger partial charge < -0.3 is 9.47 Å². The molecular formula is C18H26N4O4. The number of hydrazone groups is 2. The van der Waals surface area contributed by atoms with Crippen molar-refractivity contribution in [3.8, 4) is 0 Å². The van der Waals surface area contributed by atoms with Crippen LogP contribution in [0.4, 0.5) is 9.59 Å². The van der Waals surface area contributed by atoms with Crippen molar-refractivity contribution in [2.24, 2.45) is 10.2 Å². The van der Waals surface area contributed by atoms with Gasteiger partial charge in [0.05, 0.1) is 12.4 Å². The van der Waals surface area contributed by atoms with E-state index in [1.54, 1.807) is 65.8 Å². The van der Waals surface area contributed by atoms with Crippen molar-refractivity contribution in [1.29, 1.82) is 0 Å². The monoisotopic (exact) mass is 362 g/mol. The largest absolute Gasteiger partial charge is 0.443 e. The van der Waals surface area contributed by atoms with E-state index in [9.17, 15) is 9.59 Å². The zero-order chi connectivity index (χ0) is 19.8. The lowest BCUT2D eigenvalue weighted by Crippen LogP contribution is -2.29. The molecule has 0 aliphatic rings. The molecule has 8 nitrogen and oxygen atoms in total. The zero-order valence-corrected chi connectivity index (χ0v) is 16.0. The molecule has 0 bridgehead atoms. The third-order valence-corrected chi connectivity index (χ3v) is 2.47. The zero-order valence-electron chi connectivity index (χ0n) is 16.0. The number of rotatable bonds is 4. The van der Waals surface area contributed by atoms with Crippen LogP contribution in [0.2, 0.25) is 0 Å². The van der Waals surface area contributed by atoms with Crippen LogP contribution in [0.1, 0.15) is 52.7 Å². The SMILES string of the molecule is CC(C)(C)OC(=O)N/N=C\c1ccc(/C=N\NC(=O)OC(C)(C)C)cc1. The van der Waals surface area contributed by atoms with E-state index in [-0.39, 0.29) is 0 Å². The van der Waals surface area contributed by atoms with Crippen molar-refractivity contribution >= 4 is 24.6 Å². The van der Waals surface area contributed by atoms with Crippen LogP contribution in [0.15, 0.2) is 34.5 Å². The van der Waals surface area contributed by atoms with E-state index in [4.69, 9.17) is 9.47 Å². The van der Waals surface area contributed by atoms with Gasteiger partial charge in [-0.2, -0.15) is 10.2 Å². The van der Waals surface area contributed by atoms with Crippen LogP contribution in [-0.2, 0) is 9.47 Å². The van der Waals surface area contributed by atoms with Crippen LogP contribution in [0.3, 0.4) is 0 Å². The van der Waals surface area contributed by atoms with E-state index < -0.39 is 23.4 Å². The fourth-order valence-electron chi connectivity index (χ4n) is 1.59. The van der Waals surface area contributed by atoms with Gasteiger partial charge in [-0.25, -0.2) is 20.4 Å². The Labute approximate surface area is 153 Å². The highest BCUT2D eigenvalue weighted by Gasteiger charge is 2.16. The molecule has 0 aliphatic heterocycles. The maximum Gasteiger partial charge on any atom is 0.428 e. The highest BCUT2D eigenvalue weighted by atomic mass is 16.6. The lowest BCUT2D eigenvalue weighted by Gasteiger charge is -2.18. The van der Waals surface area contributed by atoms with Gasteiger partial charge >= 0.3 is 12.2 Å². The van der Waals surface area contributed by atoms with Crippen LogP contribution in [0.25, 0.3) is 0 Å². The van der Waals surface area contributed by atoms with Gasteiger partial charge in [-0.1, -0.05) is 24.3 Å². The van der Waals surface area contributed by atoms with Crippen molar-refractivity contribution < 1.29 is 19.1 Å². The summed E-state index contributed by atoms with van der Waals surface area (Å²) in [6.45, 7) is 10.6. The molecule has 0 aromatic heterocycles. The highest BCUT2D eigenvalue weighted by Crippen LogP contribution is 2.07. The molecule has 26 heavy (non-hydrogen) atoms. The lowest BCUT2D eigenvalue weighted by atomic mass is 10.2. The van der Waals surface area contributed by atoms with Crippen LogP contribution < -0.4 is 10.9 Å². The summed E-state index contributed by atoms with van der Waals surface area (Å²) in [5.41, 5.74) is 4.98. The van der Waals surface area contributed by atoms with Crippen molar-refractivity contribution in [1.82, 2.24) is 10.9 Å². The molecule has 1 aromatic rings. The van der Waals surface area contributed by atoms with E-state index in [1.807, 2.05) is 0 Å². The molecule has 0 unspecified atom stereocenters. The minimum atomic E-state index is -0.620. The molecule has 142 valence electrons. The maximum atomic E-state index is 11.5. The number of amides is 2. The van der Waals surface area contributed by atoms with E-state index in [1.165, 1.54) is 12.4 Å². The van der Waals surface area contributed by atoms with Crippen LogP contribution >= 0.6 is 0 Å². The summed E-state index contributed by atoms with van der Waals surface area (Å²) in [6.07, 6.45) is 1.74. The Morgan fingerprint density at radius 3 is 1.35 bits per heavy atom. The van der Waals surface area contributed by atoms with Crippen LogP contribution in [0.5, 0.6) is 0 Å². The topological polar surface area (TPSA) is 101 Å². The van der Waals surface area contributed by atoms with Gasteiger partial charge in [0.2, 0.25) is 0 Å². The smallest absolute Gasteiger partial charge is 0.428 e. The molecule has 0 fully saturated rings. The number of benzene rings is 1. The van der Waals surface area contributed by atoms with E-state index in [0.29, 0.717) is 0 Å². The molecule has 0 saturated heterocycles. The minimum Gasteiger partial charge on any atom is -0.443 e. The Morgan fingerprint density at radius 2 is 1.08 bits per heavy atom. The maximum absolute atomic E-state index is 11.5. The number of carbonyl (C=O) groups is 2. The molecule has 0 atom stereocenters. The number of ether oxygens (including phenoxy) is 2. The summed E-state index contributed by atoms with van der Waals surface area (Å²) < 4.78 is 10.1. The van der Waals surface area contributed by atoms with Crippen molar-refractivity contribution in [2.45, 2.75) is 52.7 Å². The van der Waals surface area contributed by atoms with Gasteiger partial charge in [0, 0.05) is 0 Å². The highest BCUT2D eigenvalue weighted by molar-refractivity contribution is 5.85. The standard InChI is InChI=1S/C18H26N4O4/c1-17(2,3)25-15(23)21-19-11-13-7-9-14(10-8-13)12-20-22-16(24)26-18(4,5)6/h7-12H,1-6H3,(H,21,23)(H,22,24)/b19-11-,20-12-. The Hall–Kier alpha value is -2.90. The third kappa shape index (κ3) is 10.1. The van der Waals surface area contributed by atoms with Crippen LogP contribution in [0, 0.1) is 0 Å². The molecule has 2 N–H and O–H groups in total. The molecule has 0 spiro atoms. The molecule has 0 radical (unpaired) electrons. The number of hydrogen-bond donors (Lipinski definition) is 2. The molecular weight excluding hydrogens is 336 g/mol. The first-order valence-corrected chi connectivity index (χ1v) is 8.09. The summed E-state index contributed by atoms with van der Waals surface area (Å²) in [4.78, 5) is 22.9. The Morgan fingerprint density at radius 1 is 0.769 bits per heavy atom. The van der Waals surface area contributed by atoms with Gasteiger partial charge in [0.25, 0.3) is 0 Å². The first-order valence-electron chi connectivity index (χ1n) is 8.09. The van der Waals surface area contributed by atoms with Crippen molar-refractivity contribution in [3.05, 3.63) is 35.4 Å². The summed E-state index contributed by atoms with van der Waals surface area (Å²) >= 11 is 0. The normalized spacial score (nSPS) is 12.2. The Bertz CT molecular complexity index is 609.